The maximum atomic E-state index is 6.03. The first-order valence-electron chi connectivity index (χ1n) is 14.2. The molecule has 0 spiro atoms. The van der Waals surface area contributed by atoms with Crippen LogP contribution in [0.15, 0.2) is 78.9 Å². The van der Waals surface area contributed by atoms with Gasteiger partial charge in [-0.05, 0) is 60.7 Å². The molecule has 0 heterocycles. The van der Waals surface area contributed by atoms with Crippen LogP contribution in [0.25, 0.3) is 0 Å². The van der Waals surface area contributed by atoms with Gasteiger partial charge in [0.05, 0.1) is 13.2 Å². The van der Waals surface area contributed by atoms with Crippen LogP contribution in [-0.4, -0.2) is 13.2 Å². The first-order valence-corrected chi connectivity index (χ1v) is 14.2. The van der Waals surface area contributed by atoms with Gasteiger partial charge in [0, 0.05) is 5.41 Å². The lowest BCUT2D eigenvalue weighted by Gasteiger charge is -2.32. The van der Waals surface area contributed by atoms with Crippen LogP contribution in [0.1, 0.15) is 102 Å². The van der Waals surface area contributed by atoms with Crippen molar-refractivity contribution < 1.29 is 9.47 Å². The highest BCUT2D eigenvalue weighted by Gasteiger charge is 2.31. The van der Waals surface area contributed by atoms with Gasteiger partial charge in [0.15, 0.2) is 0 Å². The normalized spacial score (nSPS) is 11.4. The van der Waals surface area contributed by atoms with E-state index in [1.807, 2.05) is 0 Å². The molecule has 3 rings (SSSR count). The van der Waals surface area contributed by atoms with Gasteiger partial charge in [-0.25, -0.2) is 0 Å². The van der Waals surface area contributed by atoms with Crippen LogP contribution < -0.4 is 9.47 Å². The molecule has 0 aliphatic rings. The second kappa shape index (κ2) is 15.4. The van der Waals surface area contributed by atoms with E-state index in [4.69, 9.17) is 9.47 Å². The summed E-state index contributed by atoms with van der Waals surface area (Å²) in [5, 5.41) is 0. The van der Waals surface area contributed by atoms with Crippen LogP contribution in [0, 0.1) is 0 Å². The first-order chi connectivity index (χ1) is 17.7. The van der Waals surface area contributed by atoms with Gasteiger partial charge in [0.1, 0.15) is 11.5 Å². The molecule has 0 saturated carbocycles. The van der Waals surface area contributed by atoms with Crippen LogP contribution in [-0.2, 0) is 5.41 Å². The molecule has 0 unspecified atom stereocenters. The lowest BCUT2D eigenvalue weighted by atomic mass is 9.71. The number of hydrogen-bond donors (Lipinski definition) is 0. The Bertz CT molecular complexity index is 901. The predicted molar refractivity (Wildman–Crippen MR) is 153 cm³/mol. The van der Waals surface area contributed by atoms with E-state index in [1.165, 1.54) is 68.1 Å². The van der Waals surface area contributed by atoms with Gasteiger partial charge in [-0.1, -0.05) is 120 Å². The molecule has 0 aromatic heterocycles. The van der Waals surface area contributed by atoms with Crippen molar-refractivity contribution in [3.05, 3.63) is 95.6 Å². The average Bonchev–Trinajstić information content (AvgIpc) is 2.93. The minimum Gasteiger partial charge on any atom is -0.494 e. The number of rotatable bonds is 17. The fraction of sp³-hybridized carbons (Fsp3) is 0.471. The van der Waals surface area contributed by atoms with Crippen LogP contribution in [0.4, 0.5) is 0 Å². The molecule has 2 nitrogen and oxygen atoms in total. The number of hydrogen-bond acceptors (Lipinski definition) is 2. The zero-order valence-electron chi connectivity index (χ0n) is 22.8. The van der Waals surface area contributed by atoms with Crippen molar-refractivity contribution >= 4 is 0 Å². The summed E-state index contributed by atoms with van der Waals surface area (Å²) >= 11 is 0. The van der Waals surface area contributed by atoms with Crippen LogP contribution in [0.5, 0.6) is 11.5 Å². The molecular weight excluding hydrogens is 440 g/mol. The fourth-order valence-corrected chi connectivity index (χ4v) is 4.83. The third-order valence-corrected chi connectivity index (χ3v) is 7.25. The third-order valence-electron chi connectivity index (χ3n) is 7.25. The van der Waals surface area contributed by atoms with Gasteiger partial charge in [-0.2, -0.15) is 0 Å². The van der Waals surface area contributed by atoms with Gasteiger partial charge in [-0.15, -0.1) is 0 Å². The maximum absolute atomic E-state index is 6.03. The minimum absolute atomic E-state index is 0.265. The van der Waals surface area contributed by atoms with Gasteiger partial charge < -0.3 is 9.47 Å². The average molecular weight is 487 g/mol. The summed E-state index contributed by atoms with van der Waals surface area (Å²) in [5.41, 5.74) is 3.53. The monoisotopic (exact) mass is 486 g/mol. The summed E-state index contributed by atoms with van der Waals surface area (Å²) in [6.07, 6.45) is 12.5. The molecule has 0 bridgehead atoms. The van der Waals surface area contributed by atoms with E-state index in [2.05, 4.69) is 99.6 Å². The Morgan fingerprint density at radius 2 is 0.861 bits per heavy atom. The van der Waals surface area contributed by atoms with E-state index < -0.39 is 0 Å². The van der Waals surface area contributed by atoms with E-state index in [1.54, 1.807) is 0 Å². The number of unbranched alkanes of at least 4 members (excludes halogenated alkanes) is 8. The summed E-state index contributed by atoms with van der Waals surface area (Å²) in [6, 6.07) is 28.2. The van der Waals surface area contributed by atoms with Crippen molar-refractivity contribution in [1.82, 2.24) is 0 Å². The van der Waals surface area contributed by atoms with Crippen LogP contribution in [0.2, 0.25) is 0 Å². The van der Waals surface area contributed by atoms with Crippen molar-refractivity contribution in [3.63, 3.8) is 0 Å². The van der Waals surface area contributed by atoms with E-state index in [-0.39, 0.29) is 5.41 Å². The molecule has 0 radical (unpaired) electrons. The standard InChI is InChI=1S/C34H46O2/c1-4-6-8-10-15-27-35-32-23-19-30(20-24-32)34(3,29-17-13-12-14-18-29)31-21-25-33(26-22-31)36-28-16-11-9-7-5-2/h12-14,17-26H,4-11,15-16,27-28H2,1-3H3. The van der Waals surface area contributed by atoms with Gasteiger partial charge in [-0.3, -0.25) is 0 Å². The molecule has 194 valence electrons. The molecule has 0 aliphatic heterocycles. The van der Waals surface area contributed by atoms with Crippen molar-refractivity contribution in [2.24, 2.45) is 0 Å². The third kappa shape index (κ3) is 8.15. The SMILES string of the molecule is CCCCCCCOc1ccc(C(C)(c2ccccc2)c2ccc(OCCCCCCC)cc2)cc1. The maximum Gasteiger partial charge on any atom is 0.119 e. The van der Waals surface area contributed by atoms with Crippen molar-refractivity contribution in [2.45, 2.75) is 90.4 Å². The summed E-state index contributed by atoms with van der Waals surface area (Å²) in [4.78, 5) is 0. The Labute approximate surface area is 220 Å². The lowest BCUT2D eigenvalue weighted by molar-refractivity contribution is 0.304. The summed E-state index contributed by atoms with van der Waals surface area (Å²) < 4.78 is 12.1. The van der Waals surface area contributed by atoms with Crippen LogP contribution >= 0.6 is 0 Å². The zero-order chi connectivity index (χ0) is 25.5. The number of ether oxygens (including phenoxy) is 2. The molecule has 0 aliphatic carbocycles. The Morgan fingerprint density at radius 3 is 1.28 bits per heavy atom. The fourth-order valence-electron chi connectivity index (χ4n) is 4.83. The number of benzene rings is 3. The Kier molecular flexibility index (Phi) is 11.9. The van der Waals surface area contributed by atoms with Gasteiger partial charge in [0.25, 0.3) is 0 Å². The van der Waals surface area contributed by atoms with E-state index in [0.29, 0.717) is 0 Å². The molecule has 0 saturated heterocycles. The smallest absolute Gasteiger partial charge is 0.119 e. The Hall–Kier alpha value is -2.74. The second-order valence-corrected chi connectivity index (χ2v) is 10.1. The molecule has 0 amide bonds. The van der Waals surface area contributed by atoms with E-state index in [0.717, 1.165) is 37.6 Å². The molecule has 0 fully saturated rings. The highest BCUT2D eigenvalue weighted by molar-refractivity contribution is 5.51. The van der Waals surface area contributed by atoms with Gasteiger partial charge >= 0.3 is 0 Å². The first kappa shape index (κ1) is 27.8. The topological polar surface area (TPSA) is 18.5 Å². The molecular formula is C34H46O2. The summed E-state index contributed by atoms with van der Waals surface area (Å²) in [6.45, 7) is 8.40. The molecule has 0 atom stereocenters. The van der Waals surface area contributed by atoms with Crippen LogP contribution in [0.3, 0.4) is 0 Å². The molecule has 3 aromatic rings. The Balaban J connectivity index is 1.69. The zero-order valence-corrected chi connectivity index (χ0v) is 22.8. The molecule has 36 heavy (non-hydrogen) atoms. The minimum atomic E-state index is -0.265. The molecule has 0 N–H and O–H groups in total. The second-order valence-electron chi connectivity index (χ2n) is 10.1. The summed E-state index contributed by atoms with van der Waals surface area (Å²) in [7, 11) is 0. The highest BCUT2D eigenvalue weighted by atomic mass is 16.5. The van der Waals surface area contributed by atoms with Crippen molar-refractivity contribution in [3.8, 4) is 11.5 Å². The largest absolute Gasteiger partial charge is 0.494 e. The molecule has 3 aromatic carbocycles. The predicted octanol–water partition coefficient (Wildman–Crippen LogP) is 9.74. The van der Waals surface area contributed by atoms with Crippen molar-refractivity contribution in [1.29, 1.82) is 0 Å². The summed E-state index contributed by atoms with van der Waals surface area (Å²) in [5.74, 6) is 1.90. The quantitative estimate of drug-likeness (QED) is 0.140. The van der Waals surface area contributed by atoms with Crippen molar-refractivity contribution in [2.75, 3.05) is 13.2 Å². The Morgan fingerprint density at radius 1 is 0.472 bits per heavy atom. The highest BCUT2D eigenvalue weighted by Crippen LogP contribution is 2.40. The lowest BCUT2D eigenvalue weighted by Crippen LogP contribution is -2.25. The van der Waals surface area contributed by atoms with E-state index >= 15 is 0 Å². The van der Waals surface area contributed by atoms with Gasteiger partial charge in [0.2, 0.25) is 0 Å². The van der Waals surface area contributed by atoms with E-state index in [9.17, 15) is 0 Å². The molecule has 2 heteroatoms.